The highest BCUT2D eigenvalue weighted by molar-refractivity contribution is 5.99. The van der Waals surface area contributed by atoms with Crippen LogP contribution in [-0.4, -0.2) is 18.7 Å². The molecule has 3 nitrogen and oxygen atoms in total. The van der Waals surface area contributed by atoms with Gasteiger partial charge in [0, 0.05) is 24.0 Å². The number of ketones is 2. The van der Waals surface area contributed by atoms with Crippen LogP contribution in [0.4, 0.5) is 0 Å². The zero-order valence-corrected chi connectivity index (χ0v) is 15.3. The van der Waals surface area contributed by atoms with Gasteiger partial charge in [-0.15, -0.1) is 0 Å². The van der Waals surface area contributed by atoms with Gasteiger partial charge in [-0.3, -0.25) is 9.59 Å². The molecule has 0 aliphatic rings. The molecule has 0 spiro atoms. The monoisotopic (exact) mass is 358 g/mol. The van der Waals surface area contributed by atoms with Crippen molar-refractivity contribution in [2.45, 2.75) is 18.8 Å². The molecular formula is C24H22O3. The number of ether oxygens (including phenoxy) is 1. The topological polar surface area (TPSA) is 43.4 Å². The normalized spacial score (nSPS) is 11.6. The third-order valence-corrected chi connectivity index (χ3v) is 4.64. The first-order valence-electron chi connectivity index (χ1n) is 8.98. The van der Waals surface area contributed by atoms with Crippen molar-refractivity contribution in [3.63, 3.8) is 0 Å². The Labute approximate surface area is 159 Å². The highest BCUT2D eigenvalue weighted by Gasteiger charge is 2.21. The van der Waals surface area contributed by atoms with Gasteiger partial charge in [0.25, 0.3) is 0 Å². The molecule has 27 heavy (non-hydrogen) atoms. The molecule has 3 aromatic rings. The number of carbonyl (C=O) groups is 2. The maximum Gasteiger partial charge on any atom is 0.163 e. The molecule has 3 rings (SSSR count). The van der Waals surface area contributed by atoms with Gasteiger partial charge in [-0.05, 0) is 35.7 Å². The summed E-state index contributed by atoms with van der Waals surface area (Å²) in [5.74, 6) is 0.623. The maximum absolute atomic E-state index is 12.8. The van der Waals surface area contributed by atoms with Gasteiger partial charge in [0.15, 0.2) is 11.6 Å². The Kier molecular flexibility index (Phi) is 6.16. The van der Waals surface area contributed by atoms with Crippen molar-refractivity contribution in [1.29, 1.82) is 0 Å². The van der Waals surface area contributed by atoms with Crippen LogP contribution in [0, 0.1) is 0 Å². The van der Waals surface area contributed by atoms with Gasteiger partial charge < -0.3 is 4.74 Å². The summed E-state index contributed by atoms with van der Waals surface area (Å²) < 4.78 is 5.15. The van der Waals surface area contributed by atoms with Crippen LogP contribution >= 0.6 is 0 Å². The fraction of sp³-hybridized carbons (Fsp3) is 0.167. The molecule has 3 heteroatoms. The molecule has 3 aromatic carbocycles. The van der Waals surface area contributed by atoms with Crippen molar-refractivity contribution >= 4 is 11.6 Å². The predicted molar refractivity (Wildman–Crippen MR) is 107 cm³/mol. The highest BCUT2D eigenvalue weighted by atomic mass is 16.5. The van der Waals surface area contributed by atoms with Gasteiger partial charge in [-0.2, -0.15) is 0 Å². The Hall–Kier alpha value is -3.20. The van der Waals surface area contributed by atoms with Crippen molar-refractivity contribution < 1.29 is 14.3 Å². The first-order chi connectivity index (χ1) is 13.2. The average molecular weight is 358 g/mol. The second-order valence-electron chi connectivity index (χ2n) is 6.46. The van der Waals surface area contributed by atoms with Crippen LogP contribution in [0.1, 0.15) is 45.0 Å². The minimum absolute atomic E-state index is 0.0207. The Balaban J connectivity index is 1.79. The highest BCUT2D eigenvalue weighted by Crippen LogP contribution is 2.27. The van der Waals surface area contributed by atoms with Crippen LogP contribution in [0.3, 0.4) is 0 Å². The minimum Gasteiger partial charge on any atom is -0.497 e. The lowest BCUT2D eigenvalue weighted by Crippen LogP contribution is -2.12. The van der Waals surface area contributed by atoms with Crippen molar-refractivity contribution in [2.75, 3.05) is 7.11 Å². The lowest BCUT2D eigenvalue weighted by atomic mass is 9.86. The van der Waals surface area contributed by atoms with Crippen LogP contribution in [0.25, 0.3) is 0 Å². The number of Topliss-reactive ketones (excluding diaryl/α,β-unsaturated/α-hetero) is 2. The van der Waals surface area contributed by atoms with Gasteiger partial charge in [-0.1, -0.05) is 60.7 Å². The van der Waals surface area contributed by atoms with E-state index in [4.69, 9.17) is 4.74 Å². The predicted octanol–water partition coefficient (Wildman–Crippen LogP) is 5.32. The SMILES string of the molecule is COc1ccc(C(=O)CC(CC(=O)c2ccccc2)c2ccccc2)cc1. The Morgan fingerprint density at radius 2 is 1.19 bits per heavy atom. The number of rotatable bonds is 8. The molecule has 0 fully saturated rings. The molecule has 0 bridgehead atoms. The summed E-state index contributed by atoms with van der Waals surface area (Å²) in [5.41, 5.74) is 2.31. The second kappa shape index (κ2) is 8.95. The fourth-order valence-corrected chi connectivity index (χ4v) is 3.12. The van der Waals surface area contributed by atoms with E-state index in [0.717, 1.165) is 5.56 Å². The van der Waals surface area contributed by atoms with Crippen molar-refractivity contribution in [3.05, 3.63) is 102 Å². The smallest absolute Gasteiger partial charge is 0.163 e. The molecule has 0 saturated carbocycles. The average Bonchev–Trinajstić information content (AvgIpc) is 2.74. The van der Waals surface area contributed by atoms with Crippen LogP contribution < -0.4 is 4.74 Å². The molecule has 136 valence electrons. The van der Waals surface area contributed by atoms with E-state index in [1.165, 1.54) is 0 Å². The third kappa shape index (κ3) is 4.91. The quantitative estimate of drug-likeness (QED) is 0.512. The lowest BCUT2D eigenvalue weighted by Gasteiger charge is -2.16. The van der Waals surface area contributed by atoms with E-state index in [0.29, 0.717) is 23.3 Å². The molecule has 0 aliphatic carbocycles. The van der Waals surface area contributed by atoms with E-state index in [1.807, 2.05) is 60.7 Å². The van der Waals surface area contributed by atoms with Gasteiger partial charge in [0.2, 0.25) is 0 Å². The van der Waals surface area contributed by atoms with Crippen molar-refractivity contribution in [2.24, 2.45) is 0 Å². The van der Waals surface area contributed by atoms with Crippen LogP contribution in [0.15, 0.2) is 84.9 Å². The summed E-state index contributed by atoms with van der Waals surface area (Å²) in [6, 6.07) is 26.1. The molecule has 1 unspecified atom stereocenters. The summed E-state index contributed by atoms with van der Waals surface area (Å²) in [6.07, 6.45) is 0.588. The van der Waals surface area contributed by atoms with Crippen molar-refractivity contribution in [1.82, 2.24) is 0 Å². The molecule has 0 amide bonds. The van der Waals surface area contributed by atoms with E-state index >= 15 is 0 Å². The standard InChI is InChI=1S/C24H22O3/c1-27-22-14-12-20(13-15-22)24(26)17-21(18-8-4-2-5-9-18)16-23(25)19-10-6-3-7-11-19/h2-15,21H,16-17H2,1H3. The first kappa shape index (κ1) is 18.6. The van der Waals surface area contributed by atoms with Crippen LogP contribution in [0.2, 0.25) is 0 Å². The first-order valence-corrected chi connectivity index (χ1v) is 8.98. The summed E-state index contributed by atoms with van der Waals surface area (Å²) in [7, 11) is 1.59. The lowest BCUT2D eigenvalue weighted by molar-refractivity contribution is 0.0944. The van der Waals surface area contributed by atoms with Crippen LogP contribution in [0.5, 0.6) is 5.75 Å². The third-order valence-electron chi connectivity index (χ3n) is 4.64. The summed E-state index contributed by atoms with van der Waals surface area (Å²) in [6.45, 7) is 0. The maximum atomic E-state index is 12.8. The van der Waals surface area contributed by atoms with E-state index in [2.05, 4.69) is 0 Å². The van der Waals surface area contributed by atoms with E-state index in [9.17, 15) is 9.59 Å². The number of carbonyl (C=O) groups excluding carboxylic acids is 2. The molecule has 0 saturated heterocycles. The molecule has 0 aliphatic heterocycles. The van der Waals surface area contributed by atoms with Crippen LogP contribution in [-0.2, 0) is 0 Å². The number of methoxy groups -OCH3 is 1. The van der Waals surface area contributed by atoms with Gasteiger partial charge in [0.05, 0.1) is 7.11 Å². The van der Waals surface area contributed by atoms with E-state index in [-0.39, 0.29) is 23.9 Å². The zero-order chi connectivity index (χ0) is 19.1. The zero-order valence-electron chi connectivity index (χ0n) is 15.3. The molecular weight excluding hydrogens is 336 g/mol. The fourth-order valence-electron chi connectivity index (χ4n) is 3.12. The molecule has 0 radical (unpaired) electrons. The summed E-state index contributed by atoms with van der Waals surface area (Å²) in [5, 5.41) is 0. The summed E-state index contributed by atoms with van der Waals surface area (Å²) in [4.78, 5) is 25.5. The Morgan fingerprint density at radius 1 is 0.704 bits per heavy atom. The molecule has 1 atom stereocenters. The Morgan fingerprint density at radius 3 is 1.70 bits per heavy atom. The van der Waals surface area contributed by atoms with E-state index in [1.54, 1.807) is 31.4 Å². The number of benzene rings is 3. The number of hydrogen-bond donors (Lipinski definition) is 0. The van der Waals surface area contributed by atoms with E-state index < -0.39 is 0 Å². The van der Waals surface area contributed by atoms with Crippen molar-refractivity contribution in [3.8, 4) is 5.75 Å². The van der Waals surface area contributed by atoms with Gasteiger partial charge >= 0.3 is 0 Å². The van der Waals surface area contributed by atoms with Gasteiger partial charge in [0.1, 0.15) is 5.75 Å². The molecule has 0 aromatic heterocycles. The Bertz CT molecular complexity index is 884. The number of hydrogen-bond acceptors (Lipinski definition) is 3. The molecule has 0 N–H and O–H groups in total. The largest absolute Gasteiger partial charge is 0.497 e. The second-order valence-corrected chi connectivity index (χ2v) is 6.46. The minimum atomic E-state index is -0.159. The van der Waals surface area contributed by atoms with Gasteiger partial charge in [-0.25, -0.2) is 0 Å². The molecule has 0 heterocycles. The summed E-state index contributed by atoms with van der Waals surface area (Å²) >= 11 is 0.